The molecule has 10 heteroatoms. The lowest BCUT2D eigenvalue weighted by Gasteiger charge is -2.13. The zero-order valence-electron chi connectivity index (χ0n) is 26.5. The Morgan fingerprint density at radius 2 is 1.40 bits per heavy atom. The minimum absolute atomic E-state index is 0.635. The van der Waals surface area contributed by atoms with Crippen molar-refractivity contribution in [1.29, 1.82) is 0 Å². The monoisotopic (exact) mass is 658 g/mol. The lowest BCUT2D eigenvalue weighted by atomic mass is 10.0. The van der Waals surface area contributed by atoms with Crippen LogP contribution in [0.1, 0.15) is 24.0 Å². The van der Waals surface area contributed by atoms with Crippen molar-refractivity contribution < 1.29 is 10.9 Å². The van der Waals surface area contributed by atoms with Crippen molar-refractivity contribution in [3.05, 3.63) is 120 Å². The molecule has 2 aromatic heterocycles. The topological polar surface area (TPSA) is 98.1 Å². The molecule has 6 N–H and O–H groups in total. The van der Waals surface area contributed by atoms with Crippen molar-refractivity contribution >= 4 is 60.6 Å². The number of azo groups is 1. The molecule has 0 unspecified atom stereocenters. The second-order valence-electron chi connectivity index (χ2n) is 11.7. The van der Waals surface area contributed by atoms with Gasteiger partial charge >= 0.3 is 0 Å². The van der Waals surface area contributed by atoms with E-state index in [1.807, 2.05) is 47.3 Å². The molecule has 0 bridgehead atoms. The van der Waals surface area contributed by atoms with Crippen molar-refractivity contribution in [3.8, 4) is 22.4 Å². The Morgan fingerprint density at radius 1 is 0.702 bits per heavy atom. The average molecular weight is 659 g/mol. The summed E-state index contributed by atoms with van der Waals surface area (Å²) in [6, 6.07) is 35.8. The number of thiophene rings is 1. The van der Waals surface area contributed by atoms with E-state index in [0.717, 1.165) is 39.6 Å². The van der Waals surface area contributed by atoms with Crippen LogP contribution in [-0.2, 0) is 0 Å². The van der Waals surface area contributed by atoms with Crippen LogP contribution in [0, 0.1) is 13.8 Å². The second kappa shape index (κ2) is 14.3. The van der Waals surface area contributed by atoms with Gasteiger partial charge in [0.05, 0.1) is 27.8 Å². The first-order chi connectivity index (χ1) is 23.1. The predicted molar refractivity (Wildman–Crippen MR) is 196 cm³/mol. The number of nitrogens with zero attached hydrogens (tertiary/aromatic N) is 4. The number of thiazole rings is 1. The van der Waals surface area contributed by atoms with E-state index in [2.05, 4.69) is 123 Å². The molecule has 1 aliphatic rings. The van der Waals surface area contributed by atoms with Gasteiger partial charge in [-0.2, -0.15) is 0 Å². The summed E-state index contributed by atoms with van der Waals surface area (Å²) in [5.41, 5.74) is 21.7. The number of rotatable bonds is 11. The van der Waals surface area contributed by atoms with Crippen molar-refractivity contribution in [2.45, 2.75) is 26.7 Å². The van der Waals surface area contributed by atoms with Gasteiger partial charge in [-0.3, -0.25) is 0 Å². The van der Waals surface area contributed by atoms with Gasteiger partial charge in [0.1, 0.15) is 0 Å². The summed E-state index contributed by atoms with van der Waals surface area (Å²) < 4.78 is 0. The maximum absolute atomic E-state index is 4.70. The predicted octanol–water partition coefficient (Wildman–Crippen LogP) is 8.62. The molecule has 3 heterocycles. The molecular weight excluding hydrogens is 621 g/mol. The quantitative estimate of drug-likeness (QED) is 0.0485. The number of benzene rings is 4. The molecule has 7 rings (SSSR count). The number of nitrogens with two attached hydrogens (primary N) is 2. The summed E-state index contributed by atoms with van der Waals surface area (Å²) in [5.74, 6) is 0. The maximum atomic E-state index is 4.70. The standard InChI is InChI=1S/C37H36N8S2/c1-25-23-31(40-43-35-18-19-36(47-35)45-20-6-7-21-45)15-16-32(25)41-39-30-14-17-33(26(2)22-30)42-44-37-38-34(24-46-37)29-12-10-28(11-13-29)27-8-4-3-5-9-27/h3-5,8-19,22-24,39-41,43H,6-7,20-21H2,1-2H3/p+2. The first kappa shape index (κ1) is 30.8. The van der Waals surface area contributed by atoms with Crippen molar-refractivity contribution in [1.82, 2.24) is 4.98 Å². The van der Waals surface area contributed by atoms with E-state index in [-0.39, 0.29) is 0 Å². The molecule has 0 aliphatic carbocycles. The third-order valence-electron chi connectivity index (χ3n) is 8.30. The summed E-state index contributed by atoms with van der Waals surface area (Å²) in [6.07, 6.45) is 2.59. The fourth-order valence-corrected chi connectivity index (χ4v) is 7.22. The molecule has 1 saturated heterocycles. The highest BCUT2D eigenvalue weighted by Crippen LogP contribution is 2.32. The molecule has 236 valence electrons. The number of hydrogen-bond acceptors (Lipinski definition) is 8. The molecule has 8 nitrogen and oxygen atoms in total. The minimum atomic E-state index is 0.635. The molecule has 6 aromatic rings. The Bertz CT molecular complexity index is 1980. The Morgan fingerprint density at radius 3 is 2.17 bits per heavy atom. The molecule has 0 atom stereocenters. The fourth-order valence-electron chi connectivity index (χ4n) is 5.63. The number of nitrogen functional groups attached to an aromatic ring is 2. The zero-order valence-corrected chi connectivity index (χ0v) is 28.1. The summed E-state index contributed by atoms with van der Waals surface area (Å²) >= 11 is 3.33. The number of quaternary nitrogens is 2. The normalized spacial score (nSPS) is 13.0. The molecule has 0 radical (unpaired) electrons. The van der Waals surface area contributed by atoms with Crippen LogP contribution < -0.4 is 26.6 Å². The Kier molecular flexibility index (Phi) is 9.34. The number of nitrogens with one attached hydrogen (secondary N) is 2. The molecule has 1 aliphatic heterocycles. The van der Waals surface area contributed by atoms with Crippen molar-refractivity contribution in [2.24, 2.45) is 10.2 Å². The van der Waals surface area contributed by atoms with E-state index in [0.29, 0.717) is 5.13 Å². The fraction of sp³-hybridized carbons (Fsp3) is 0.162. The number of anilines is 3. The first-order valence-electron chi connectivity index (χ1n) is 15.9. The van der Waals surface area contributed by atoms with Crippen LogP contribution in [0.2, 0.25) is 0 Å². The molecule has 0 spiro atoms. The lowest BCUT2D eigenvalue weighted by Crippen LogP contribution is -2.83. The first-order valence-corrected chi connectivity index (χ1v) is 17.6. The van der Waals surface area contributed by atoms with Gasteiger partial charge in [0.15, 0.2) is 5.69 Å². The molecular formula is C37H38N8S2+2. The zero-order chi connectivity index (χ0) is 32.0. The highest BCUT2D eigenvalue weighted by Gasteiger charge is 2.15. The van der Waals surface area contributed by atoms with Gasteiger partial charge in [-0.1, -0.05) is 65.9 Å². The van der Waals surface area contributed by atoms with Crippen LogP contribution in [0.5, 0.6) is 0 Å². The van der Waals surface area contributed by atoms with Crippen LogP contribution in [0.4, 0.5) is 37.9 Å². The van der Waals surface area contributed by atoms with E-state index >= 15 is 0 Å². The highest BCUT2D eigenvalue weighted by molar-refractivity contribution is 7.19. The van der Waals surface area contributed by atoms with E-state index in [4.69, 9.17) is 4.98 Å². The number of aryl methyl sites for hydroxylation is 2. The van der Waals surface area contributed by atoms with Gasteiger partial charge in [-0.05, 0) is 79.8 Å². The van der Waals surface area contributed by atoms with Crippen LogP contribution in [-0.4, -0.2) is 18.1 Å². The van der Waals surface area contributed by atoms with E-state index in [1.165, 1.54) is 64.0 Å². The summed E-state index contributed by atoms with van der Waals surface area (Å²) in [5, 5.41) is 14.2. The molecule has 0 saturated carbocycles. The highest BCUT2D eigenvalue weighted by atomic mass is 32.1. The summed E-state index contributed by atoms with van der Waals surface area (Å²) in [4.78, 5) is 7.18. The molecule has 1 fully saturated rings. The van der Waals surface area contributed by atoms with Crippen LogP contribution in [0.25, 0.3) is 22.4 Å². The Balaban J connectivity index is 0.918. The Hall–Kier alpha value is -4.87. The van der Waals surface area contributed by atoms with Gasteiger partial charge < -0.3 is 4.90 Å². The average Bonchev–Trinajstić information content (AvgIpc) is 3.90. The van der Waals surface area contributed by atoms with Crippen molar-refractivity contribution in [2.75, 3.05) is 28.8 Å². The second-order valence-corrected chi connectivity index (χ2v) is 13.6. The summed E-state index contributed by atoms with van der Waals surface area (Å²) in [7, 11) is 0. The van der Waals surface area contributed by atoms with Crippen LogP contribution in [0.3, 0.4) is 0 Å². The maximum Gasteiger partial charge on any atom is 0.230 e. The van der Waals surface area contributed by atoms with Crippen molar-refractivity contribution in [3.63, 3.8) is 0 Å². The van der Waals surface area contributed by atoms with Crippen LogP contribution >= 0.6 is 22.7 Å². The smallest absolute Gasteiger partial charge is 0.230 e. The summed E-state index contributed by atoms with van der Waals surface area (Å²) in [6.45, 7) is 6.53. The van der Waals surface area contributed by atoms with E-state index in [9.17, 15) is 0 Å². The van der Waals surface area contributed by atoms with Gasteiger partial charge in [0, 0.05) is 41.7 Å². The van der Waals surface area contributed by atoms with Gasteiger partial charge in [-0.25, -0.2) is 26.7 Å². The van der Waals surface area contributed by atoms with Gasteiger partial charge in [0.25, 0.3) is 0 Å². The molecule has 0 amide bonds. The third-order valence-corrected chi connectivity index (χ3v) is 10.1. The molecule has 47 heavy (non-hydrogen) atoms. The van der Waals surface area contributed by atoms with Gasteiger partial charge in [-0.15, -0.1) is 21.6 Å². The van der Waals surface area contributed by atoms with E-state index < -0.39 is 0 Å². The lowest BCUT2D eigenvalue weighted by molar-refractivity contribution is -0.539. The molecule has 4 aromatic carbocycles. The minimum Gasteiger partial charge on any atom is -0.363 e. The van der Waals surface area contributed by atoms with Gasteiger partial charge in [0.2, 0.25) is 10.1 Å². The Labute approximate surface area is 283 Å². The number of aromatic nitrogens is 1. The number of hydrogen-bond donors (Lipinski definition) is 4. The van der Waals surface area contributed by atoms with E-state index in [1.54, 1.807) is 0 Å². The third kappa shape index (κ3) is 7.58. The SMILES string of the molecule is Cc1cc(N[NH2+]c2ccc(N[NH2+]c3ccc(N4CCCC4)s3)cc2C)ccc1N=Nc1nc(-c2ccc(-c3ccccc3)cc2)cs1. The largest absolute Gasteiger partial charge is 0.363 e. The van der Waals surface area contributed by atoms with Crippen LogP contribution in [0.15, 0.2) is 119 Å².